The van der Waals surface area contributed by atoms with Gasteiger partial charge in [0, 0.05) is 45.4 Å². The molecule has 9 nitrogen and oxygen atoms in total. The van der Waals surface area contributed by atoms with E-state index < -0.39 is 21.7 Å². The van der Waals surface area contributed by atoms with Crippen molar-refractivity contribution in [2.75, 3.05) is 46.4 Å². The fourth-order valence-corrected chi connectivity index (χ4v) is 4.42. The normalized spacial score (nSPS) is 16.0. The maximum absolute atomic E-state index is 13.2. The van der Waals surface area contributed by atoms with Crippen molar-refractivity contribution in [3.8, 4) is 5.75 Å². The highest BCUT2D eigenvalue weighted by atomic mass is 32.2. The van der Waals surface area contributed by atoms with Gasteiger partial charge < -0.3 is 19.5 Å². The number of piperazine rings is 1. The fraction of sp³-hybridized carbons (Fsp3) is 0.444. The maximum atomic E-state index is 13.2. The number of sulfonamides is 1. The smallest absolute Gasteiger partial charge is 0.220 e. The van der Waals surface area contributed by atoms with Crippen LogP contribution in [-0.4, -0.2) is 75.1 Å². The van der Waals surface area contributed by atoms with E-state index in [-0.39, 0.29) is 18.1 Å². The van der Waals surface area contributed by atoms with Crippen molar-refractivity contribution in [3.63, 3.8) is 0 Å². The molecule has 1 aliphatic heterocycles. The number of benzene rings is 1. The summed E-state index contributed by atoms with van der Waals surface area (Å²) in [5, 5.41) is 6.77. The van der Waals surface area contributed by atoms with E-state index in [1.165, 1.54) is 22.7 Å². The van der Waals surface area contributed by atoms with Crippen LogP contribution in [0.2, 0.25) is 0 Å². The van der Waals surface area contributed by atoms with Gasteiger partial charge in [0.2, 0.25) is 10.0 Å². The molecule has 1 fully saturated rings. The molecule has 1 N–H and O–H groups in total. The first-order chi connectivity index (χ1) is 14.4. The molecular formula is C18H23F2N5O4S. The third-order valence-electron chi connectivity index (χ3n) is 4.51. The predicted octanol–water partition coefficient (Wildman–Crippen LogP) is 1.05. The molecule has 1 aromatic heterocycles. The van der Waals surface area contributed by atoms with E-state index in [1.807, 2.05) is 4.90 Å². The number of hydrogen-bond donors (Lipinski definition) is 1. The summed E-state index contributed by atoms with van der Waals surface area (Å²) in [4.78, 5) is 6.15. The lowest BCUT2D eigenvalue weighted by molar-refractivity contribution is 0.257. The largest absolute Gasteiger partial charge is 0.492 e. The van der Waals surface area contributed by atoms with E-state index in [0.29, 0.717) is 44.4 Å². The Labute approximate surface area is 173 Å². The SMILES string of the molecule is CN=C(NCCOc1ccc(F)c(F)c1)N1CCN(S(=O)(=O)Cc2ccon2)CC1. The van der Waals surface area contributed by atoms with Gasteiger partial charge in [-0.05, 0) is 12.1 Å². The Hall–Kier alpha value is -2.73. The lowest BCUT2D eigenvalue weighted by Crippen LogP contribution is -2.54. The number of nitrogens with one attached hydrogen (secondary N) is 1. The van der Waals surface area contributed by atoms with E-state index in [4.69, 9.17) is 4.74 Å². The molecule has 0 radical (unpaired) electrons. The van der Waals surface area contributed by atoms with Crippen LogP contribution in [0.25, 0.3) is 0 Å². The monoisotopic (exact) mass is 443 g/mol. The Morgan fingerprint density at radius 1 is 1.23 bits per heavy atom. The van der Waals surface area contributed by atoms with Gasteiger partial charge in [0.1, 0.15) is 24.4 Å². The van der Waals surface area contributed by atoms with E-state index in [9.17, 15) is 17.2 Å². The molecule has 2 heterocycles. The molecular weight excluding hydrogens is 420 g/mol. The summed E-state index contributed by atoms with van der Waals surface area (Å²) in [7, 11) is -1.84. The zero-order chi connectivity index (χ0) is 21.6. The second-order valence-electron chi connectivity index (χ2n) is 6.53. The number of aliphatic imine (C=N–C) groups is 1. The van der Waals surface area contributed by atoms with Crippen LogP contribution in [0, 0.1) is 11.6 Å². The fourth-order valence-electron chi connectivity index (χ4n) is 3.00. The van der Waals surface area contributed by atoms with E-state index in [0.717, 1.165) is 12.1 Å². The zero-order valence-corrected chi connectivity index (χ0v) is 17.2. The summed E-state index contributed by atoms with van der Waals surface area (Å²) in [5.41, 5.74) is 0.371. The molecule has 1 aromatic carbocycles. The third-order valence-corrected chi connectivity index (χ3v) is 6.32. The molecule has 1 aliphatic rings. The van der Waals surface area contributed by atoms with Crippen molar-refractivity contribution in [2.24, 2.45) is 4.99 Å². The third kappa shape index (κ3) is 5.66. The van der Waals surface area contributed by atoms with Gasteiger partial charge in [-0.25, -0.2) is 17.2 Å². The molecule has 0 bridgehead atoms. The lowest BCUT2D eigenvalue weighted by atomic mass is 10.3. The number of aromatic nitrogens is 1. The molecule has 0 aliphatic carbocycles. The Morgan fingerprint density at radius 3 is 2.63 bits per heavy atom. The second kappa shape index (κ2) is 9.85. The summed E-state index contributed by atoms with van der Waals surface area (Å²) in [5.74, 6) is -1.25. The Balaban J connectivity index is 1.43. The minimum Gasteiger partial charge on any atom is -0.492 e. The molecule has 0 saturated carbocycles. The topological polar surface area (TPSA) is 100 Å². The maximum Gasteiger partial charge on any atom is 0.220 e. The van der Waals surface area contributed by atoms with Gasteiger partial charge in [-0.2, -0.15) is 4.31 Å². The number of hydrogen-bond acceptors (Lipinski definition) is 6. The van der Waals surface area contributed by atoms with Gasteiger partial charge in [-0.15, -0.1) is 0 Å². The van der Waals surface area contributed by atoms with Gasteiger partial charge >= 0.3 is 0 Å². The highest BCUT2D eigenvalue weighted by Crippen LogP contribution is 2.15. The molecule has 12 heteroatoms. The van der Waals surface area contributed by atoms with Crippen LogP contribution in [-0.2, 0) is 15.8 Å². The highest BCUT2D eigenvalue weighted by Gasteiger charge is 2.28. The van der Waals surface area contributed by atoms with Crippen molar-refractivity contribution in [2.45, 2.75) is 5.75 Å². The summed E-state index contributed by atoms with van der Waals surface area (Å²) in [6.07, 6.45) is 1.34. The molecule has 0 spiro atoms. The van der Waals surface area contributed by atoms with E-state index in [1.54, 1.807) is 7.05 Å². The summed E-state index contributed by atoms with van der Waals surface area (Å²) >= 11 is 0. The zero-order valence-electron chi connectivity index (χ0n) is 16.4. The second-order valence-corrected chi connectivity index (χ2v) is 8.50. The van der Waals surface area contributed by atoms with Crippen LogP contribution in [0.5, 0.6) is 5.75 Å². The number of nitrogens with zero attached hydrogens (tertiary/aromatic N) is 4. The Kier molecular flexibility index (Phi) is 7.21. The lowest BCUT2D eigenvalue weighted by Gasteiger charge is -2.35. The first-order valence-electron chi connectivity index (χ1n) is 9.29. The molecule has 2 aromatic rings. The minimum absolute atomic E-state index is 0.197. The number of rotatable bonds is 7. The first-order valence-corrected chi connectivity index (χ1v) is 10.9. The average Bonchev–Trinajstić information content (AvgIpc) is 3.23. The molecule has 164 valence electrons. The Bertz CT molecular complexity index is 961. The van der Waals surface area contributed by atoms with Crippen LogP contribution >= 0.6 is 0 Å². The van der Waals surface area contributed by atoms with Crippen LogP contribution in [0.1, 0.15) is 5.69 Å². The number of guanidine groups is 1. The number of ether oxygens (including phenoxy) is 1. The molecule has 0 unspecified atom stereocenters. The van der Waals surface area contributed by atoms with Gasteiger partial charge in [0.15, 0.2) is 17.6 Å². The number of halogens is 2. The van der Waals surface area contributed by atoms with Crippen molar-refractivity contribution in [1.82, 2.24) is 19.7 Å². The quantitative estimate of drug-likeness (QED) is 0.388. The van der Waals surface area contributed by atoms with Gasteiger partial charge in [-0.3, -0.25) is 4.99 Å². The van der Waals surface area contributed by atoms with Crippen molar-refractivity contribution < 1.29 is 26.5 Å². The Morgan fingerprint density at radius 2 is 2.00 bits per heavy atom. The van der Waals surface area contributed by atoms with Crippen molar-refractivity contribution in [3.05, 3.63) is 47.9 Å². The van der Waals surface area contributed by atoms with Gasteiger partial charge in [0.25, 0.3) is 0 Å². The van der Waals surface area contributed by atoms with Crippen molar-refractivity contribution in [1.29, 1.82) is 0 Å². The van der Waals surface area contributed by atoms with Crippen LogP contribution in [0.4, 0.5) is 8.78 Å². The summed E-state index contributed by atoms with van der Waals surface area (Å²) in [6, 6.07) is 4.88. The minimum atomic E-state index is -3.47. The highest BCUT2D eigenvalue weighted by molar-refractivity contribution is 7.88. The standard InChI is InChI=1S/C18H23F2N5O4S/c1-21-18(22-5-11-28-15-2-3-16(19)17(20)12-15)24-6-8-25(9-7-24)30(26,27)13-14-4-10-29-23-14/h2-4,10,12H,5-9,11,13H2,1H3,(H,21,22). The van der Waals surface area contributed by atoms with Gasteiger partial charge in [0.05, 0.1) is 12.2 Å². The van der Waals surface area contributed by atoms with Crippen LogP contribution < -0.4 is 10.1 Å². The predicted molar refractivity (Wildman–Crippen MR) is 105 cm³/mol. The molecule has 1 saturated heterocycles. The first kappa shape index (κ1) is 22.0. The molecule has 0 atom stereocenters. The van der Waals surface area contributed by atoms with E-state index >= 15 is 0 Å². The molecule has 3 rings (SSSR count). The summed E-state index contributed by atoms with van der Waals surface area (Å²) < 4.78 is 62.6. The molecule has 0 amide bonds. The van der Waals surface area contributed by atoms with Gasteiger partial charge in [-0.1, -0.05) is 5.16 Å². The molecule has 30 heavy (non-hydrogen) atoms. The van der Waals surface area contributed by atoms with Crippen molar-refractivity contribution >= 4 is 16.0 Å². The average molecular weight is 443 g/mol. The van der Waals surface area contributed by atoms with Crippen LogP contribution in [0.15, 0.2) is 40.0 Å². The van der Waals surface area contributed by atoms with E-state index in [2.05, 4.69) is 20.0 Å². The van der Waals surface area contributed by atoms with Crippen LogP contribution in [0.3, 0.4) is 0 Å². The summed E-state index contributed by atoms with van der Waals surface area (Å²) in [6.45, 7) is 2.20.